The van der Waals surface area contributed by atoms with Gasteiger partial charge in [0, 0.05) is 6.54 Å². The van der Waals surface area contributed by atoms with Crippen LogP contribution in [0.4, 0.5) is 4.79 Å². The Kier molecular flexibility index (Phi) is 12.7. The summed E-state index contributed by atoms with van der Waals surface area (Å²) in [4.78, 5) is 23.6. The van der Waals surface area contributed by atoms with Gasteiger partial charge < -0.3 is 15.2 Å². The van der Waals surface area contributed by atoms with E-state index in [0.717, 1.165) is 31.6 Å². The van der Waals surface area contributed by atoms with Crippen LogP contribution in [-0.4, -0.2) is 67.0 Å². The zero-order valence-electron chi connectivity index (χ0n) is 19.8. The van der Waals surface area contributed by atoms with Crippen LogP contribution in [0.25, 0.3) is 0 Å². The van der Waals surface area contributed by atoms with Crippen molar-refractivity contribution in [3.63, 3.8) is 0 Å². The molecule has 7 nitrogen and oxygen atoms in total. The number of carboxylic acid groups (broad SMARTS) is 1. The van der Waals surface area contributed by atoms with E-state index in [1.54, 1.807) is 11.9 Å². The summed E-state index contributed by atoms with van der Waals surface area (Å²) in [7, 11) is 5.60. The third kappa shape index (κ3) is 12.2. The molecule has 0 aliphatic carbocycles. The molecule has 0 aliphatic heterocycles. The highest BCUT2D eigenvalue weighted by molar-refractivity contribution is 5.74. The zero-order chi connectivity index (χ0) is 23.1. The highest BCUT2D eigenvalue weighted by Crippen LogP contribution is 2.13. The summed E-state index contributed by atoms with van der Waals surface area (Å²) in [6.07, 6.45) is 9.10. The van der Waals surface area contributed by atoms with Crippen LogP contribution in [0.15, 0.2) is 30.3 Å². The highest BCUT2D eigenvalue weighted by atomic mass is 16.5. The Hall–Kier alpha value is -2.28. The molecule has 2 N–H and O–H groups in total. The van der Waals surface area contributed by atoms with E-state index in [0.29, 0.717) is 6.54 Å². The summed E-state index contributed by atoms with van der Waals surface area (Å²) in [5, 5.41) is 13.6. The van der Waals surface area contributed by atoms with Gasteiger partial charge >= 0.3 is 12.0 Å². The van der Waals surface area contributed by atoms with Gasteiger partial charge in [-0.15, -0.1) is 0 Å². The molecule has 1 aromatic rings. The maximum Gasteiger partial charge on any atom is 0.361 e. The van der Waals surface area contributed by atoms with Crippen LogP contribution in [-0.2, 0) is 4.79 Å². The average molecular weight is 437 g/mol. The third-order valence-corrected chi connectivity index (χ3v) is 5.10. The second kappa shape index (κ2) is 14.7. The van der Waals surface area contributed by atoms with Crippen LogP contribution in [0.3, 0.4) is 0 Å². The molecule has 7 heteroatoms. The van der Waals surface area contributed by atoms with E-state index in [1.165, 1.54) is 32.1 Å². The van der Waals surface area contributed by atoms with Gasteiger partial charge in [-0.1, -0.05) is 56.7 Å². The SMILES string of the molecule is CC(CC(=O)O)N(C(=O)NCCCCCCCCCCOc1ccccc1)[N+](C)(C)C. The van der Waals surface area contributed by atoms with Crippen LogP contribution in [0, 0.1) is 0 Å². The number of nitrogens with zero attached hydrogens (tertiary/aromatic N) is 2. The Morgan fingerprint density at radius 1 is 0.968 bits per heavy atom. The third-order valence-electron chi connectivity index (χ3n) is 5.10. The van der Waals surface area contributed by atoms with E-state index in [2.05, 4.69) is 5.32 Å². The number of hydrogen-bond acceptors (Lipinski definition) is 3. The molecule has 176 valence electrons. The van der Waals surface area contributed by atoms with E-state index < -0.39 is 5.97 Å². The number of carboxylic acids is 1. The molecular formula is C24H42N3O4+. The summed E-state index contributed by atoms with van der Waals surface area (Å²) in [5.74, 6) is 0.0398. The van der Waals surface area contributed by atoms with Crippen molar-refractivity contribution in [2.75, 3.05) is 34.3 Å². The van der Waals surface area contributed by atoms with Crippen molar-refractivity contribution >= 4 is 12.0 Å². The number of aliphatic carboxylic acids is 1. The number of carbonyl (C=O) groups excluding carboxylic acids is 1. The highest BCUT2D eigenvalue weighted by Gasteiger charge is 2.33. The van der Waals surface area contributed by atoms with Gasteiger partial charge in [-0.25, -0.2) is 9.39 Å². The lowest BCUT2D eigenvalue weighted by atomic mass is 10.1. The van der Waals surface area contributed by atoms with Crippen molar-refractivity contribution in [3.05, 3.63) is 30.3 Å². The zero-order valence-corrected chi connectivity index (χ0v) is 19.8. The Morgan fingerprint density at radius 2 is 1.52 bits per heavy atom. The molecule has 0 spiro atoms. The van der Waals surface area contributed by atoms with Gasteiger partial charge in [-0.3, -0.25) is 4.79 Å². The molecule has 0 saturated heterocycles. The molecule has 0 heterocycles. The molecule has 1 aromatic carbocycles. The fourth-order valence-electron chi connectivity index (χ4n) is 3.67. The minimum Gasteiger partial charge on any atom is -0.494 e. The van der Waals surface area contributed by atoms with Crippen molar-refractivity contribution in [2.45, 2.75) is 70.8 Å². The Bertz CT molecular complexity index is 631. The predicted octanol–water partition coefficient (Wildman–Crippen LogP) is 4.68. The van der Waals surface area contributed by atoms with E-state index in [-0.39, 0.29) is 23.1 Å². The van der Waals surface area contributed by atoms with Crippen LogP contribution < -0.4 is 10.1 Å². The number of rotatable bonds is 16. The quantitative estimate of drug-likeness (QED) is 0.224. The second-order valence-corrected chi connectivity index (χ2v) is 8.95. The Labute approximate surface area is 187 Å². The molecule has 0 aliphatic rings. The number of unbranched alkanes of at least 4 members (excludes halogenated alkanes) is 7. The van der Waals surface area contributed by atoms with Crippen molar-refractivity contribution in [2.24, 2.45) is 0 Å². The number of benzene rings is 1. The number of nitrogens with one attached hydrogen (secondary N) is 1. The Morgan fingerprint density at radius 3 is 2.06 bits per heavy atom. The monoisotopic (exact) mass is 436 g/mol. The maximum absolute atomic E-state index is 12.6. The van der Waals surface area contributed by atoms with Gasteiger partial charge in [0.25, 0.3) is 0 Å². The molecule has 0 radical (unpaired) electrons. The van der Waals surface area contributed by atoms with Crippen LogP contribution in [0.1, 0.15) is 64.7 Å². The molecule has 2 amide bonds. The van der Waals surface area contributed by atoms with Gasteiger partial charge in [0.1, 0.15) is 5.75 Å². The van der Waals surface area contributed by atoms with Crippen LogP contribution >= 0.6 is 0 Å². The van der Waals surface area contributed by atoms with Gasteiger partial charge in [-0.05, 0) is 31.9 Å². The first-order chi connectivity index (χ1) is 14.7. The number of urea groups is 1. The maximum atomic E-state index is 12.6. The first-order valence-corrected chi connectivity index (χ1v) is 11.5. The molecule has 1 atom stereocenters. The van der Waals surface area contributed by atoms with Gasteiger partial charge in [0.15, 0.2) is 0 Å². The van der Waals surface area contributed by atoms with Crippen LogP contribution in [0.2, 0.25) is 0 Å². The molecule has 0 aromatic heterocycles. The summed E-state index contributed by atoms with van der Waals surface area (Å²) in [6, 6.07) is 9.34. The largest absolute Gasteiger partial charge is 0.494 e. The Balaban J connectivity index is 2.05. The number of carbonyl (C=O) groups is 2. The van der Waals surface area contributed by atoms with Gasteiger partial charge in [0.05, 0.1) is 40.2 Å². The molecular weight excluding hydrogens is 394 g/mol. The van der Waals surface area contributed by atoms with E-state index in [9.17, 15) is 9.59 Å². The van der Waals surface area contributed by atoms with Crippen molar-refractivity contribution in [1.82, 2.24) is 10.3 Å². The average Bonchev–Trinajstić information content (AvgIpc) is 2.68. The topological polar surface area (TPSA) is 78.9 Å². The molecule has 0 saturated carbocycles. The number of hydrogen-bond donors (Lipinski definition) is 2. The van der Waals surface area contributed by atoms with Crippen molar-refractivity contribution in [1.29, 1.82) is 0 Å². The van der Waals surface area contributed by atoms with Crippen molar-refractivity contribution in [3.8, 4) is 5.75 Å². The summed E-state index contributed by atoms with van der Waals surface area (Å²) in [6.45, 7) is 3.16. The molecule has 1 unspecified atom stereocenters. The number of para-hydroxylation sites is 1. The summed E-state index contributed by atoms with van der Waals surface area (Å²) < 4.78 is 5.96. The normalized spacial score (nSPS) is 12.3. The first-order valence-electron chi connectivity index (χ1n) is 11.5. The molecule has 0 fully saturated rings. The lowest BCUT2D eigenvalue weighted by Crippen LogP contribution is -2.61. The minimum atomic E-state index is -0.900. The number of amides is 2. The fraction of sp³-hybridized carbons (Fsp3) is 0.667. The lowest BCUT2D eigenvalue weighted by molar-refractivity contribution is -0.977. The molecule has 1 rings (SSSR count). The van der Waals surface area contributed by atoms with Gasteiger partial charge in [0.2, 0.25) is 0 Å². The molecule has 0 bridgehead atoms. The van der Waals surface area contributed by atoms with E-state index in [4.69, 9.17) is 9.84 Å². The smallest absolute Gasteiger partial charge is 0.361 e. The summed E-state index contributed by atoms with van der Waals surface area (Å²) in [5.41, 5.74) is 0. The van der Waals surface area contributed by atoms with Crippen molar-refractivity contribution < 1.29 is 24.0 Å². The van der Waals surface area contributed by atoms with E-state index >= 15 is 0 Å². The van der Waals surface area contributed by atoms with E-state index in [1.807, 2.05) is 51.5 Å². The van der Waals surface area contributed by atoms with Crippen LogP contribution in [0.5, 0.6) is 5.75 Å². The minimum absolute atomic E-state index is 0.0681. The standard InChI is InChI=1S/C24H41N3O4/c1-21(20-23(28)29)26(27(2,3)4)24(30)25-18-14-9-7-5-6-8-10-15-19-31-22-16-12-11-13-17-22/h11-13,16-17,21H,5-10,14-15,18-20H2,1-4H3,(H-,25,28,29,30)/p+1. The molecule has 31 heavy (non-hydrogen) atoms. The second-order valence-electron chi connectivity index (χ2n) is 8.95. The lowest BCUT2D eigenvalue weighted by Gasteiger charge is -2.39. The number of ether oxygens (including phenoxy) is 1. The number of quaternary nitrogens is 1. The first kappa shape index (κ1) is 26.8. The summed E-state index contributed by atoms with van der Waals surface area (Å²) >= 11 is 0. The van der Waals surface area contributed by atoms with Gasteiger partial charge in [-0.2, -0.15) is 5.01 Å². The fourth-order valence-corrected chi connectivity index (χ4v) is 3.67. The predicted molar refractivity (Wildman–Crippen MR) is 124 cm³/mol.